The first-order chi connectivity index (χ1) is 13.1. The minimum Gasteiger partial charge on any atom is -0.381 e. The highest BCUT2D eigenvalue weighted by Gasteiger charge is 2.16. The van der Waals surface area contributed by atoms with E-state index in [4.69, 9.17) is 17.3 Å². The Kier molecular flexibility index (Phi) is 5.67. The summed E-state index contributed by atoms with van der Waals surface area (Å²) < 4.78 is 14.4. The van der Waals surface area contributed by atoms with Crippen LogP contribution in [0.5, 0.6) is 0 Å². The molecule has 0 aliphatic heterocycles. The van der Waals surface area contributed by atoms with Gasteiger partial charge in [0.2, 0.25) is 11.8 Å². The summed E-state index contributed by atoms with van der Waals surface area (Å²) in [7, 11) is 0. The van der Waals surface area contributed by atoms with E-state index in [9.17, 15) is 4.39 Å². The zero-order valence-electron chi connectivity index (χ0n) is 14.1. The van der Waals surface area contributed by atoms with Crippen LogP contribution in [0.2, 0.25) is 5.02 Å². The number of H-pyrrole nitrogens is 1. The van der Waals surface area contributed by atoms with Crippen molar-refractivity contribution in [1.29, 1.82) is 0 Å². The third-order valence-electron chi connectivity index (χ3n) is 3.75. The lowest BCUT2D eigenvalue weighted by Gasteiger charge is -2.11. The lowest BCUT2D eigenvalue weighted by molar-refractivity contribution is 0.625. The van der Waals surface area contributed by atoms with Crippen molar-refractivity contribution in [2.75, 3.05) is 11.1 Å². The van der Waals surface area contributed by atoms with E-state index in [1.165, 1.54) is 0 Å². The lowest BCUT2D eigenvalue weighted by Crippen LogP contribution is -2.06. The fraction of sp³-hybridized carbons (Fsp3) is 0. The molecule has 0 saturated carbocycles. The van der Waals surface area contributed by atoms with Gasteiger partial charge in [-0.2, -0.15) is 10.2 Å². The molecular weight excluding hydrogens is 406 g/mol. The SMILES string of the molecule is Cl.Nc1nc(Nc2ccc(-c3nn[nH]n3)cc2)nc(-c2ccccc2Cl)c1F. The number of tetrazole rings is 1. The van der Waals surface area contributed by atoms with Crippen molar-refractivity contribution < 1.29 is 4.39 Å². The number of anilines is 3. The Morgan fingerprint density at radius 3 is 2.46 bits per heavy atom. The topological polar surface area (TPSA) is 118 Å². The molecule has 0 unspecified atom stereocenters. The first-order valence-corrected chi connectivity index (χ1v) is 8.18. The average molecular weight is 419 g/mol. The van der Waals surface area contributed by atoms with Crippen molar-refractivity contribution in [2.45, 2.75) is 0 Å². The second kappa shape index (κ2) is 8.15. The van der Waals surface area contributed by atoms with Gasteiger partial charge in [0.15, 0.2) is 11.6 Å². The predicted molar refractivity (Wildman–Crippen MR) is 107 cm³/mol. The minimum atomic E-state index is -0.721. The number of hydrogen-bond donors (Lipinski definition) is 3. The molecule has 2 aromatic carbocycles. The molecule has 0 saturated heterocycles. The van der Waals surface area contributed by atoms with Crippen LogP contribution in [0.3, 0.4) is 0 Å². The number of hydrogen-bond acceptors (Lipinski definition) is 7. The van der Waals surface area contributed by atoms with E-state index in [-0.39, 0.29) is 29.9 Å². The third-order valence-corrected chi connectivity index (χ3v) is 4.08. The van der Waals surface area contributed by atoms with Gasteiger partial charge in [-0.15, -0.1) is 22.6 Å². The van der Waals surface area contributed by atoms with E-state index < -0.39 is 5.82 Å². The van der Waals surface area contributed by atoms with Gasteiger partial charge in [-0.05, 0) is 35.5 Å². The molecule has 0 radical (unpaired) electrons. The smallest absolute Gasteiger partial charge is 0.229 e. The maximum atomic E-state index is 14.4. The van der Waals surface area contributed by atoms with Gasteiger partial charge in [-0.25, -0.2) is 9.37 Å². The standard InChI is InChI=1S/C17H12ClFN8.ClH/c18-12-4-2-1-3-11(12)14-13(19)15(20)23-17(22-14)21-10-7-5-9(6-8-10)16-24-26-27-25-16;/h1-8H,(H3,20,21,22,23)(H,24,25,26,27);1H. The molecule has 2 heterocycles. The molecule has 2 aromatic heterocycles. The van der Waals surface area contributed by atoms with Crippen molar-refractivity contribution in [3.63, 3.8) is 0 Å². The van der Waals surface area contributed by atoms with Gasteiger partial charge in [0.1, 0.15) is 5.69 Å². The number of nitrogens with zero attached hydrogens (tertiary/aromatic N) is 5. The monoisotopic (exact) mass is 418 g/mol. The first-order valence-electron chi connectivity index (χ1n) is 7.80. The molecule has 8 nitrogen and oxygen atoms in total. The quantitative estimate of drug-likeness (QED) is 0.460. The zero-order chi connectivity index (χ0) is 18.8. The molecule has 0 bridgehead atoms. The van der Waals surface area contributed by atoms with Crippen molar-refractivity contribution in [3.05, 3.63) is 59.4 Å². The van der Waals surface area contributed by atoms with E-state index in [1.54, 1.807) is 48.5 Å². The summed E-state index contributed by atoms with van der Waals surface area (Å²) in [5, 5.41) is 17.1. The molecule has 0 fully saturated rings. The number of aromatic nitrogens is 6. The molecule has 0 aliphatic carbocycles. The molecule has 4 rings (SSSR count). The van der Waals surface area contributed by atoms with Crippen LogP contribution >= 0.6 is 24.0 Å². The van der Waals surface area contributed by atoms with Crippen molar-refractivity contribution in [3.8, 4) is 22.6 Å². The number of halogens is 3. The van der Waals surface area contributed by atoms with E-state index in [1.807, 2.05) is 0 Å². The van der Waals surface area contributed by atoms with Crippen molar-refractivity contribution in [1.82, 2.24) is 30.6 Å². The second-order valence-electron chi connectivity index (χ2n) is 5.51. The average Bonchev–Trinajstić information content (AvgIpc) is 3.20. The summed E-state index contributed by atoms with van der Waals surface area (Å²) in [6, 6.07) is 14.0. The summed E-state index contributed by atoms with van der Waals surface area (Å²) >= 11 is 6.15. The molecule has 4 N–H and O–H groups in total. The third kappa shape index (κ3) is 3.85. The highest BCUT2D eigenvalue weighted by atomic mass is 35.5. The number of rotatable bonds is 4. The maximum Gasteiger partial charge on any atom is 0.229 e. The van der Waals surface area contributed by atoms with Crippen LogP contribution < -0.4 is 11.1 Å². The number of benzene rings is 2. The van der Waals surface area contributed by atoms with Gasteiger partial charge in [-0.1, -0.05) is 29.8 Å². The van der Waals surface area contributed by atoms with Crippen LogP contribution in [-0.2, 0) is 0 Å². The second-order valence-corrected chi connectivity index (χ2v) is 5.92. The van der Waals surface area contributed by atoms with Gasteiger partial charge < -0.3 is 11.1 Å². The number of nitrogens with one attached hydrogen (secondary N) is 2. The van der Waals surface area contributed by atoms with Crippen LogP contribution in [0, 0.1) is 5.82 Å². The fourth-order valence-electron chi connectivity index (χ4n) is 2.47. The van der Waals surface area contributed by atoms with Crippen molar-refractivity contribution >= 4 is 41.5 Å². The van der Waals surface area contributed by atoms with Crippen LogP contribution in [0.15, 0.2) is 48.5 Å². The molecule has 28 heavy (non-hydrogen) atoms. The molecule has 4 aromatic rings. The fourth-order valence-corrected chi connectivity index (χ4v) is 2.69. The van der Waals surface area contributed by atoms with Gasteiger partial charge in [-0.3, -0.25) is 0 Å². The van der Waals surface area contributed by atoms with E-state index >= 15 is 0 Å². The van der Waals surface area contributed by atoms with E-state index in [0.717, 1.165) is 5.56 Å². The number of nitrogen functional groups attached to an aromatic ring is 1. The van der Waals surface area contributed by atoms with Crippen LogP contribution in [0.1, 0.15) is 0 Å². The van der Waals surface area contributed by atoms with Gasteiger partial charge in [0.05, 0.1) is 5.02 Å². The van der Waals surface area contributed by atoms with Crippen molar-refractivity contribution in [2.24, 2.45) is 0 Å². The van der Waals surface area contributed by atoms with E-state index in [0.29, 0.717) is 22.1 Å². The molecule has 11 heteroatoms. The summed E-state index contributed by atoms with van der Waals surface area (Å²) in [6.45, 7) is 0. The Balaban J connectivity index is 0.00000225. The molecule has 142 valence electrons. The largest absolute Gasteiger partial charge is 0.381 e. The lowest BCUT2D eigenvalue weighted by atomic mass is 10.1. The van der Waals surface area contributed by atoms with Gasteiger partial charge >= 0.3 is 0 Å². The molecule has 0 amide bonds. The molecular formula is C17H13Cl2FN8. The zero-order valence-corrected chi connectivity index (χ0v) is 15.7. The Morgan fingerprint density at radius 2 is 1.79 bits per heavy atom. The molecule has 0 spiro atoms. The van der Waals surface area contributed by atoms with Gasteiger partial charge in [0.25, 0.3) is 0 Å². The Labute approximate surface area is 169 Å². The minimum absolute atomic E-state index is 0. The van der Waals surface area contributed by atoms with Crippen LogP contribution in [0.25, 0.3) is 22.6 Å². The maximum absolute atomic E-state index is 14.4. The van der Waals surface area contributed by atoms with E-state index in [2.05, 4.69) is 35.9 Å². The first kappa shape index (κ1) is 19.5. The Morgan fingerprint density at radius 1 is 1.04 bits per heavy atom. The Bertz CT molecular complexity index is 1090. The van der Waals surface area contributed by atoms with Crippen LogP contribution in [-0.4, -0.2) is 30.6 Å². The molecule has 0 atom stereocenters. The summed E-state index contributed by atoms with van der Waals surface area (Å²) in [6.07, 6.45) is 0. The highest BCUT2D eigenvalue weighted by molar-refractivity contribution is 6.33. The van der Waals surface area contributed by atoms with Gasteiger partial charge in [0, 0.05) is 16.8 Å². The van der Waals surface area contributed by atoms with Crippen LogP contribution in [0.4, 0.5) is 21.8 Å². The normalized spacial score (nSPS) is 10.4. The Hall–Kier alpha value is -3.30. The summed E-state index contributed by atoms with van der Waals surface area (Å²) in [4.78, 5) is 8.18. The number of aromatic amines is 1. The number of nitrogens with two attached hydrogens (primary N) is 1. The molecule has 0 aliphatic rings. The highest BCUT2D eigenvalue weighted by Crippen LogP contribution is 2.31. The summed E-state index contributed by atoms with van der Waals surface area (Å²) in [5.41, 5.74) is 7.64. The predicted octanol–water partition coefficient (Wildman–Crippen LogP) is 3.86. The summed E-state index contributed by atoms with van der Waals surface area (Å²) in [5.74, 6) is -0.368.